The maximum Gasteiger partial charge on any atom is 0.258 e. The number of nitrogens with one attached hydrogen (secondary N) is 1. The van der Waals surface area contributed by atoms with E-state index >= 15 is 0 Å². The molecule has 5 nitrogen and oxygen atoms in total. The van der Waals surface area contributed by atoms with Gasteiger partial charge in [-0.25, -0.2) is 0 Å². The van der Waals surface area contributed by atoms with Crippen molar-refractivity contribution in [3.05, 3.63) is 60.2 Å². The fraction of sp³-hybridized carbons (Fsp3) is 0.458. The predicted octanol–water partition coefficient (Wildman–Crippen LogP) is 4.20. The number of ether oxygens (including phenoxy) is 2. The van der Waals surface area contributed by atoms with Crippen LogP contribution in [0.5, 0.6) is 11.5 Å². The molecule has 1 N–H and O–H groups in total. The fourth-order valence-electron chi connectivity index (χ4n) is 3.64. The summed E-state index contributed by atoms with van der Waals surface area (Å²) in [6.45, 7) is 7.04. The van der Waals surface area contributed by atoms with E-state index in [0.717, 1.165) is 38.1 Å². The van der Waals surface area contributed by atoms with Crippen molar-refractivity contribution in [3.8, 4) is 11.5 Å². The highest BCUT2D eigenvalue weighted by Gasteiger charge is 2.24. The molecule has 0 bridgehead atoms. The van der Waals surface area contributed by atoms with Gasteiger partial charge in [-0.15, -0.1) is 0 Å². The van der Waals surface area contributed by atoms with E-state index in [1.165, 1.54) is 5.56 Å². The number of rotatable bonds is 9. The lowest BCUT2D eigenvalue weighted by molar-refractivity contribution is -0.124. The number of hydrogen-bond donors (Lipinski definition) is 1. The Morgan fingerprint density at radius 2 is 1.66 bits per heavy atom. The molecule has 1 heterocycles. The Kier molecular flexibility index (Phi) is 7.94. The van der Waals surface area contributed by atoms with Crippen LogP contribution in [0.25, 0.3) is 0 Å². The first-order valence-electron chi connectivity index (χ1n) is 10.6. The molecule has 0 radical (unpaired) electrons. The second kappa shape index (κ2) is 10.9. The Labute approximate surface area is 174 Å². The summed E-state index contributed by atoms with van der Waals surface area (Å²) in [7, 11) is 0. The van der Waals surface area contributed by atoms with E-state index < -0.39 is 0 Å². The maximum absolute atomic E-state index is 12.3. The van der Waals surface area contributed by atoms with E-state index in [2.05, 4.69) is 54.4 Å². The van der Waals surface area contributed by atoms with Crippen LogP contribution in [0, 0.1) is 0 Å². The molecule has 3 rings (SSSR count). The van der Waals surface area contributed by atoms with Crippen molar-refractivity contribution in [1.29, 1.82) is 0 Å². The topological polar surface area (TPSA) is 50.8 Å². The number of carbonyl (C=O) groups excluding carboxylic acids is 1. The van der Waals surface area contributed by atoms with Crippen LogP contribution < -0.4 is 14.8 Å². The molecule has 0 aliphatic carbocycles. The van der Waals surface area contributed by atoms with E-state index in [1.807, 2.05) is 24.3 Å². The van der Waals surface area contributed by atoms with Gasteiger partial charge in [-0.1, -0.05) is 37.3 Å². The van der Waals surface area contributed by atoms with E-state index in [4.69, 9.17) is 9.47 Å². The highest BCUT2D eigenvalue weighted by Crippen LogP contribution is 2.24. The Morgan fingerprint density at radius 1 is 1.03 bits per heavy atom. The molecule has 0 unspecified atom stereocenters. The number of benzene rings is 2. The van der Waals surface area contributed by atoms with Gasteiger partial charge in [0, 0.05) is 25.2 Å². The summed E-state index contributed by atoms with van der Waals surface area (Å²) < 4.78 is 11.2. The van der Waals surface area contributed by atoms with Gasteiger partial charge in [-0.2, -0.15) is 0 Å². The lowest BCUT2D eigenvalue weighted by atomic mass is 10.00. The summed E-state index contributed by atoms with van der Waals surface area (Å²) >= 11 is 0. The Balaban J connectivity index is 1.37. The van der Waals surface area contributed by atoms with Crippen LogP contribution in [-0.2, 0) is 4.79 Å². The Bertz CT molecular complexity index is 740. The zero-order valence-corrected chi connectivity index (χ0v) is 17.5. The van der Waals surface area contributed by atoms with Crippen LogP contribution in [0.2, 0.25) is 0 Å². The zero-order valence-electron chi connectivity index (χ0n) is 17.5. The maximum atomic E-state index is 12.3. The lowest BCUT2D eigenvalue weighted by Gasteiger charge is -2.36. The molecular weight excluding hydrogens is 364 g/mol. The summed E-state index contributed by atoms with van der Waals surface area (Å²) in [6.07, 6.45) is 2.90. The van der Waals surface area contributed by atoms with Gasteiger partial charge in [-0.05, 0) is 56.0 Å². The molecule has 1 fully saturated rings. The molecular formula is C24H32N2O3. The summed E-state index contributed by atoms with van der Waals surface area (Å²) in [5.74, 6) is 1.43. The highest BCUT2D eigenvalue weighted by atomic mass is 16.5. The smallest absolute Gasteiger partial charge is 0.258 e. The van der Waals surface area contributed by atoms with E-state index in [1.54, 1.807) is 0 Å². The molecule has 5 heteroatoms. The minimum Gasteiger partial charge on any atom is -0.494 e. The number of piperidine rings is 1. The summed E-state index contributed by atoms with van der Waals surface area (Å²) in [6, 6.07) is 18.6. The third-order valence-corrected chi connectivity index (χ3v) is 5.39. The average Bonchev–Trinajstić information content (AvgIpc) is 2.77. The molecule has 1 aliphatic rings. The van der Waals surface area contributed by atoms with E-state index in [9.17, 15) is 4.79 Å². The molecule has 0 aromatic heterocycles. The monoisotopic (exact) mass is 396 g/mol. The van der Waals surface area contributed by atoms with Crippen molar-refractivity contribution in [3.63, 3.8) is 0 Å². The van der Waals surface area contributed by atoms with Crippen molar-refractivity contribution >= 4 is 5.91 Å². The van der Waals surface area contributed by atoms with Crippen LogP contribution in [-0.4, -0.2) is 43.2 Å². The number of nitrogens with zero attached hydrogens (tertiary/aromatic N) is 1. The minimum absolute atomic E-state index is 0.0375. The largest absolute Gasteiger partial charge is 0.494 e. The number of likely N-dealkylation sites (tertiary alicyclic amines) is 1. The third kappa shape index (κ3) is 6.50. The van der Waals surface area contributed by atoms with Crippen LogP contribution in [0.4, 0.5) is 0 Å². The standard InChI is InChI=1S/C24H32N2O3/c1-3-17-28-22-9-11-23(12-10-22)29-18-24(27)25-21-13-15-26(16-14-21)19(2)20-7-5-4-6-8-20/h4-12,19,21H,3,13-18H2,1-2H3,(H,25,27)/t19-/m0/s1. The first-order chi connectivity index (χ1) is 14.2. The average molecular weight is 397 g/mol. The Hall–Kier alpha value is -2.53. The summed E-state index contributed by atoms with van der Waals surface area (Å²) in [5, 5.41) is 3.11. The second-order valence-corrected chi connectivity index (χ2v) is 7.57. The third-order valence-electron chi connectivity index (χ3n) is 5.39. The van der Waals surface area contributed by atoms with Gasteiger partial charge in [0.05, 0.1) is 6.61 Å². The molecule has 1 amide bonds. The van der Waals surface area contributed by atoms with Gasteiger partial charge >= 0.3 is 0 Å². The van der Waals surface area contributed by atoms with Gasteiger partial charge in [-0.3, -0.25) is 9.69 Å². The van der Waals surface area contributed by atoms with Crippen molar-refractivity contribution in [2.45, 2.75) is 45.2 Å². The molecule has 1 atom stereocenters. The number of carbonyl (C=O) groups is 1. The molecule has 0 saturated carbocycles. The van der Waals surface area contributed by atoms with Crippen LogP contribution in [0.1, 0.15) is 44.7 Å². The van der Waals surface area contributed by atoms with Gasteiger partial charge in [0.15, 0.2) is 6.61 Å². The van der Waals surface area contributed by atoms with Gasteiger partial charge in [0.25, 0.3) is 5.91 Å². The first kappa shape index (κ1) is 21.2. The number of hydrogen-bond acceptors (Lipinski definition) is 4. The normalized spacial score (nSPS) is 16.2. The minimum atomic E-state index is -0.0640. The second-order valence-electron chi connectivity index (χ2n) is 7.57. The van der Waals surface area contributed by atoms with Crippen molar-refractivity contribution in [2.75, 3.05) is 26.3 Å². The molecule has 2 aromatic carbocycles. The fourth-order valence-corrected chi connectivity index (χ4v) is 3.64. The molecule has 29 heavy (non-hydrogen) atoms. The summed E-state index contributed by atoms with van der Waals surface area (Å²) in [5.41, 5.74) is 1.34. The first-order valence-corrected chi connectivity index (χ1v) is 10.6. The van der Waals surface area contributed by atoms with Gasteiger partial charge in [0.2, 0.25) is 0 Å². The summed E-state index contributed by atoms with van der Waals surface area (Å²) in [4.78, 5) is 14.7. The zero-order chi connectivity index (χ0) is 20.5. The SMILES string of the molecule is CCCOc1ccc(OCC(=O)NC2CCN([C@@H](C)c3ccccc3)CC2)cc1. The van der Waals surface area contributed by atoms with Crippen LogP contribution >= 0.6 is 0 Å². The molecule has 2 aromatic rings. The lowest BCUT2D eigenvalue weighted by Crippen LogP contribution is -2.46. The van der Waals surface area contributed by atoms with Gasteiger partial charge in [0.1, 0.15) is 11.5 Å². The van der Waals surface area contributed by atoms with Crippen molar-refractivity contribution in [2.24, 2.45) is 0 Å². The van der Waals surface area contributed by atoms with Crippen molar-refractivity contribution < 1.29 is 14.3 Å². The van der Waals surface area contributed by atoms with Crippen molar-refractivity contribution in [1.82, 2.24) is 10.2 Å². The molecule has 156 valence electrons. The quantitative estimate of drug-likeness (QED) is 0.690. The predicted molar refractivity (Wildman–Crippen MR) is 115 cm³/mol. The van der Waals surface area contributed by atoms with E-state index in [0.29, 0.717) is 18.4 Å². The number of amides is 1. The molecule has 0 spiro atoms. The van der Waals surface area contributed by atoms with Crippen LogP contribution in [0.3, 0.4) is 0 Å². The Morgan fingerprint density at radius 3 is 2.28 bits per heavy atom. The molecule has 1 aliphatic heterocycles. The van der Waals surface area contributed by atoms with Crippen LogP contribution in [0.15, 0.2) is 54.6 Å². The van der Waals surface area contributed by atoms with E-state index in [-0.39, 0.29) is 18.6 Å². The molecule has 1 saturated heterocycles. The van der Waals surface area contributed by atoms with Gasteiger partial charge < -0.3 is 14.8 Å². The highest BCUT2D eigenvalue weighted by molar-refractivity contribution is 5.77.